The third kappa shape index (κ3) is 4.86. The first-order valence-corrected chi connectivity index (χ1v) is 6.66. The van der Waals surface area contributed by atoms with Crippen LogP contribution in [0, 0.1) is 0 Å². The van der Waals surface area contributed by atoms with Gasteiger partial charge in [0.1, 0.15) is 6.54 Å². The van der Waals surface area contributed by atoms with E-state index in [1.165, 1.54) is 11.8 Å². The number of halogens is 4. The molecule has 0 N–H and O–H groups in total. The predicted molar refractivity (Wildman–Crippen MR) is 72.7 cm³/mol. The molecule has 0 saturated carbocycles. The van der Waals surface area contributed by atoms with Gasteiger partial charge in [0.25, 0.3) is 0 Å². The number of hydrogen-bond donors (Lipinski definition) is 0. The number of hydrogen-bond acceptors (Lipinski definition) is 2. The third-order valence-electron chi connectivity index (χ3n) is 2.56. The molecule has 106 valence electrons. The molecular formula is C13H15BrF3NO. The molecule has 0 aliphatic carbocycles. The first kappa shape index (κ1) is 16.0. The third-order valence-corrected chi connectivity index (χ3v) is 3.19. The maximum absolute atomic E-state index is 12.5. The van der Waals surface area contributed by atoms with Gasteiger partial charge in [-0.25, -0.2) is 0 Å². The molecule has 6 heteroatoms. The van der Waals surface area contributed by atoms with Crippen molar-refractivity contribution in [3.63, 3.8) is 0 Å². The SMILES string of the molecule is CCCN(CC(F)(F)F)c1ccc(C(C)=O)cc1Br. The topological polar surface area (TPSA) is 20.3 Å². The molecule has 0 atom stereocenters. The van der Waals surface area contributed by atoms with E-state index in [-0.39, 0.29) is 5.78 Å². The highest BCUT2D eigenvalue weighted by Crippen LogP contribution is 2.30. The minimum Gasteiger partial charge on any atom is -0.362 e. The Morgan fingerprint density at radius 1 is 1.37 bits per heavy atom. The Morgan fingerprint density at radius 2 is 2.00 bits per heavy atom. The molecule has 0 spiro atoms. The maximum Gasteiger partial charge on any atom is 0.405 e. The monoisotopic (exact) mass is 337 g/mol. The number of carbonyl (C=O) groups excluding carboxylic acids is 1. The first-order valence-electron chi connectivity index (χ1n) is 5.86. The van der Waals surface area contributed by atoms with Gasteiger partial charge in [-0.05, 0) is 47.5 Å². The number of Topliss-reactive ketones (excluding diaryl/α,β-unsaturated/α-hetero) is 1. The highest BCUT2D eigenvalue weighted by atomic mass is 79.9. The van der Waals surface area contributed by atoms with Crippen LogP contribution in [0.2, 0.25) is 0 Å². The minimum atomic E-state index is -4.26. The number of alkyl halides is 3. The van der Waals surface area contributed by atoms with Crippen LogP contribution in [0.1, 0.15) is 30.6 Å². The number of carbonyl (C=O) groups is 1. The van der Waals surface area contributed by atoms with E-state index in [1.54, 1.807) is 18.2 Å². The number of nitrogens with zero attached hydrogens (tertiary/aromatic N) is 1. The predicted octanol–water partition coefficient (Wildman–Crippen LogP) is 4.43. The van der Waals surface area contributed by atoms with Crippen molar-refractivity contribution in [3.8, 4) is 0 Å². The molecule has 1 aromatic carbocycles. The second-order valence-corrected chi connectivity index (χ2v) is 5.11. The summed E-state index contributed by atoms with van der Waals surface area (Å²) < 4.78 is 38.1. The normalized spacial score (nSPS) is 11.5. The van der Waals surface area contributed by atoms with Gasteiger partial charge in [-0.2, -0.15) is 13.2 Å². The van der Waals surface area contributed by atoms with E-state index in [4.69, 9.17) is 0 Å². The molecule has 0 aliphatic rings. The van der Waals surface area contributed by atoms with Gasteiger partial charge in [-0.1, -0.05) is 6.92 Å². The molecule has 1 aromatic rings. The fraction of sp³-hybridized carbons (Fsp3) is 0.462. The van der Waals surface area contributed by atoms with Gasteiger partial charge in [-0.3, -0.25) is 4.79 Å². The van der Waals surface area contributed by atoms with Crippen LogP contribution < -0.4 is 4.90 Å². The highest BCUT2D eigenvalue weighted by Gasteiger charge is 2.31. The Balaban J connectivity index is 3.06. The van der Waals surface area contributed by atoms with Gasteiger partial charge < -0.3 is 4.90 Å². The van der Waals surface area contributed by atoms with Crippen LogP contribution in [0.25, 0.3) is 0 Å². The zero-order chi connectivity index (χ0) is 14.6. The van der Waals surface area contributed by atoms with Crippen LogP contribution in [0.5, 0.6) is 0 Å². The number of benzene rings is 1. The summed E-state index contributed by atoms with van der Waals surface area (Å²) >= 11 is 3.23. The molecule has 0 amide bonds. The molecule has 0 radical (unpaired) electrons. The van der Waals surface area contributed by atoms with Crippen LogP contribution in [0.4, 0.5) is 18.9 Å². The van der Waals surface area contributed by atoms with Crippen LogP contribution in [-0.2, 0) is 0 Å². The molecule has 19 heavy (non-hydrogen) atoms. The van der Waals surface area contributed by atoms with Gasteiger partial charge in [-0.15, -0.1) is 0 Å². The molecule has 0 fully saturated rings. The van der Waals surface area contributed by atoms with Crippen molar-refractivity contribution in [2.75, 3.05) is 18.0 Å². The Morgan fingerprint density at radius 3 is 2.42 bits per heavy atom. The minimum absolute atomic E-state index is 0.120. The second-order valence-electron chi connectivity index (χ2n) is 4.26. The summed E-state index contributed by atoms with van der Waals surface area (Å²) in [6.45, 7) is 2.54. The summed E-state index contributed by atoms with van der Waals surface area (Å²) in [6.07, 6.45) is -3.65. The van der Waals surface area contributed by atoms with Crippen molar-refractivity contribution in [3.05, 3.63) is 28.2 Å². The van der Waals surface area contributed by atoms with Gasteiger partial charge >= 0.3 is 6.18 Å². The van der Waals surface area contributed by atoms with Crippen molar-refractivity contribution in [2.24, 2.45) is 0 Å². The average Bonchev–Trinajstić information content (AvgIpc) is 2.26. The summed E-state index contributed by atoms with van der Waals surface area (Å²) in [5, 5.41) is 0. The lowest BCUT2D eigenvalue weighted by Crippen LogP contribution is -2.35. The van der Waals surface area contributed by atoms with Crippen molar-refractivity contribution in [2.45, 2.75) is 26.4 Å². The zero-order valence-electron chi connectivity index (χ0n) is 10.7. The van der Waals surface area contributed by atoms with Crippen molar-refractivity contribution in [1.29, 1.82) is 0 Å². The molecule has 2 nitrogen and oxygen atoms in total. The quantitative estimate of drug-likeness (QED) is 0.741. The van der Waals surface area contributed by atoms with Crippen LogP contribution in [-0.4, -0.2) is 25.0 Å². The molecule has 1 rings (SSSR count). The zero-order valence-corrected chi connectivity index (χ0v) is 12.3. The molecule has 0 aromatic heterocycles. The van der Waals surface area contributed by atoms with Crippen LogP contribution in [0.3, 0.4) is 0 Å². The summed E-state index contributed by atoms with van der Waals surface area (Å²) in [7, 11) is 0. The summed E-state index contributed by atoms with van der Waals surface area (Å²) in [5.41, 5.74) is 0.920. The van der Waals surface area contributed by atoms with E-state index >= 15 is 0 Å². The lowest BCUT2D eigenvalue weighted by molar-refractivity contribution is -0.119. The maximum atomic E-state index is 12.5. The lowest BCUT2D eigenvalue weighted by Gasteiger charge is -2.26. The molecule has 0 aliphatic heterocycles. The summed E-state index contributed by atoms with van der Waals surface area (Å²) in [5.74, 6) is -0.120. The van der Waals surface area contributed by atoms with Crippen molar-refractivity contribution >= 4 is 27.4 Å². The van der Waals surface area contributed by atoms with Crippen molar-refractivity contribution < 1.29 is 18.0 Å². The van der Waals surface area contributed by atoms with Gasteiger partial charge in [0.15, 0.2) is 5.78 Å². The molecular weight excluding hydrogens is 323 g/mol. The van der Waals surface area contributed by atoms with E-state index in [0.29, 0.717) is 28.7 Å². The molecule has 0 unspecified atom stereocenters. The summed E-state index contributed by atoms with van der Waals surface area (Å²) in [6, 6.07) is 4.64. The largest absolute Gasteiger partial charge is 0.405 e. The number of anilines is 1. The number of rotatable bonds is 5. The lowest BCUT2D eigenvalue weighted by atomic mass is 10.1. The van der Waals surface area contributed by atoms with E-state index < -0.39 is 12.7 Å². The smallest absolute Gasteiger partial charge is 0.362 e. The van der Waals surface area contributed by atoms with Crippen molar-refractivity contribution in [1.82, 2.24) is 0 Å². The van der Waals surface area contributed by atoms with E-state index in [2.05, 4.69) is 15.9 Å². The van der Waals surface area contributed by atoms with E-state index in [0.717, 1.165) is 0 Å². The van der Waals surface area contributed by atoms with Crippen LogP contribution >= 0.6 is 15.9 Å². The Bertz CT molecular complexity index is 460. The molecule has 0 bridgehead atoms. The standard InChI is InChI=1S/C13H15BrF3NO/c1-3-6-18(8-13(15,16)17)12-5-4-10(9(2)19)7-11(12)14/h4-5,7H,3,6,8H2,1-2H3. The fourth-order valence-corrected chi connectivity index (χ4v) is 2.38. The van der Waals surface area contributed by atoms with E-state index in [9.17, 15) is 18.0 Å². The summed E-state index contributed by atoms with van der Waals surface area (Å²) in [4.78, 5) is 12.5. The molecule has 0 heterocycles. The Kier molecular flexibility index (Phi) is 5.40. The van der Waals surface area contributed by atoms with E-state index in [1.807, 2.05) is 6.92 Å². The van der Waals surface area contributed by atoms with Gasteiger partial charge in [0, 0.05) is 16.6 Å². The first-order chi connectivity index (χ1) is 8.74. The average molecular weight is 338 g/mol. The van der Waals surface area contributed by atoms with Crippen LogP contribution in [0.15, 0.2) is 22.7 Å². The second kappa shape index (κ2) is 6.41. The van der Waals surface area contributed by atoms with Gasteiger partial charge in [0.2, 0.25) is 0 Å². The Hall–Kier alpha value is -1.04. The fourth-order valence-electron chi connectivity index (χ4n) is 1.75. The molecule has 0 saturated heterocycles. The highest BCUT2D eigenvalue weighted by molar-refractivity contribution is 9.10. The Labute approximate surface area is 118 Å². The van der Waals surface area contributed by atoms with Gasteiger partial charge in [0.05, 0.1) is 5.69 Å². The number of ketones is 1.